The first-order valence-corrected chi connectivity index (χ1v) is 6.36. The summed E-state index contributed by atoms with van der Waals surface area (Å²) < 4.78 is 2.18. The molecule has 0 radical (unpaired) electrons. The second-order valence-electron chi connectivity index (χ2n) is 4.67. The largest absolute Gasteiger partial charge is 0.508 e. The zero-order valence-corrected chi connectivity index (χ0v) is 10.7. The van der Waals surface area contributed by atoms with Crippen LogP contribution in [-0.4, -0.2) is 15.7 Å². The van der Waals surface area contributed by atoms with Gasteiger partial charge in [-0.1, -0.05) is 19.1 Å². The summed E-state index contributed by atoms with van der Waals surface area (Å²) in [6.07, 6.45) is 3.93. The van der Waals surface area contributed by atoms with Gasteiger partial charge in [0.2, 0.25) is 0 Å². The van der Waals surface area contributed by atoms with Gasteiger partial charge in [0.15, 0.2) is 0 Å². The van der Waals surface area contributed by atoms with E-state index in [0.29, 0.717) is 5.75 Å². The van der Waals surface area contributed by atoms with Gasteiger partial charge in [-0.2, -0.15) is 0 Å². The molecule has 0 amide bonds. The SMILES string of the molecule is CCC(N)Cc1cccn1Cc1cccc(O)c1. The van der Waals surface area contributed by atoms with Crippen LogP contribution in [0.5, 0.6) is 5.75 Å². The summed E-state index contributed by atoms with van der Waals surface area (Å²) in [6.45, 7) is 2.88. The zero-order chi connectivity index (χ0) is 13.0. The highest BCUT2D eigenvalue weighted by molar-refractivity contribution is 5.27. The molecule has 0 aliphatic rings. The molecule has 1 heterocycles. The Balaban J connectivity index is 2.12. The van der Waals surface area contributed by atoms with Gasteiger partial charge in [0, 0.05) is 30.9 Å². The lowest BCUT2D eigenvalue weighted by Crippen LogP contribution is -2.23. The summed E-state index contributed by atoms with van der Waals surface area (Å²) in [6, 6.07) is 11.7. The number of rotatable bonds is 5. The molecule has 0 spiro atoms. The maximum atomic E-state index is 9.47. The minimum absolute atomic E-state index is 0.211. The molecule has 0 bridgehead atoms. The van der Waals surface area contributed by atoms with Crippen LogP contribution in [0.3, 0.4) is 0 Å². The van der Waals surface area contributed by atoms with E-state index in [1.165, 1.54) is 5.69 Å². The number of benzene rings is 1. The molecule has 0 saturated heterocycles. The molecule has 1 aromatic heterocycles. The molecule has 1 aromatic carbocycles. The lowest BCUT2D eigenvalue weighted by atomic mass is 10.1. The number of hydrogen-bond donors (Lipinski definition) is 2. The maximum Gasteiger partial charge on any atom is 0.115 e. The fourth-order valence-corrected chi connectivity index (χ4v) is 2.05. The Morgan fingerprint density at radius 3 is 2.83 bits per heavy atom. The summed E-state index contributed by atoms with van der Waals surface area (Å²) in [7, 11) is 0. The van der Waals surface area contributed by atoms with Gasteiger partial charge >= 0.3 is 0 Å². The summed E-state index contributed by atoms with van der Waals surface area (Å²) in [5.41, 5.74) is 8.34. The first-order chi connectivity index (χ1) is 8.69. The van der Waals surface area contributed by atoms with Gasteiger partial charge < -0.3 is 15.4 Å². The van der Waals surface area contributed by atoms with E-state index in [1.54, 1.807) is 12.1 Å². The van der Waals surface area contributed by atoms with Gasteiger partial charge in [0.25, 0.3) is 0 Å². The van der Waals surface area contributed by atoms with E-state index in [-0.39, 0.29) is 6.04 Å². The summed E-state index contributed by atoms with van der Waals surface area (Å²) in [5, 5.41) is 9.47. The van der Waals surface area contributed by atoms with Crippen LogP contribution in [0.2, 0.25) is 0 Å². The summed E-state index contributed by atoms with van der Waals surface area (Å²) in [5.74, 6) is 0.312. The third kappa shape index (κ3) is 3.14. The van der Waals surface area contributed by atoms with Crippen molar-refractivity contribution in [3.05, 3.63) is 53.9 Å². The average molecular weight is 244 g/mol. The molecule has 3 N–H and O–H groups in total. The Bertz CT molecular complexity index is 505. The number of aromatic hydroxyl groups is 1. The van der Waals surface area contributed by atoms with Gasteiger partial charge in [0.05, 0.1) is 0 Å². The zero-order valence-electron chi connectivity index (χ0n) is 10.7. The minimum Gasteiger partial charge on any atom is -0.508 e. The van der Waals surface area contributed by atoms with Crippen molar-refractivity contribution in [3.63, 3.8) is 0 Å². The van der Waals surface area contributed by atoms with Crippen molar-refractivity contribution in [2.45, 2.75) is 32.4 Å². The molecule has 96 valence electrons. The average Bonchev–Trinajstić information content (AvgIpc) is 2.76. The summed E-state index contributed by atoms with van der Waals surface area (Å²) in [4.78, 5) is 0. The monoisotopic (exact) mass is 244 g/mol. The Kier molecular flexibility index (Phi) is 4.05. The van der Waals surface area contributed by atoms with E-state index < -0.39 is 0 Å². The van der Waals surface area contributed by atoms with E-state index in [1.807, 2.05) is 18.2 Å². The number of hydrogen-bond acceptors (Lipinski definition) is 2. The van der Waals surface area contributed by atoms with Crippen LogP contribution in [0.25, 0.3) is 0 Å². The van der Waals surface area contributed by atoms with Crippen LogP contribution < -0.4 is 5.73 Å². The molecule has 0 aliphatic heterocycles. The second kappa shape index (κ2) is 5.74. The Hall–Kier alpha value is -1.74. The summed E-state index contributed by atoms with van der Waals surface area (Å²) >= 11 is 0. The van der Waals surface area contributed by atoms with Gasteiger partial charge in [-0.25, -0.2) is 0 Å². The van der Waals surface area contributed by atoms with Gasteiger partial charge in [-0.05, 0) is 36.2 Å². The van der Waals surface area contributed by atoms with Crippen molar-refractivity contribution in [3.8, 4) is 5.75 Å². The number of nitrogens with two attached hydrogens (primary N) is 1. The molecule has 1 unspecified atom stereocenters. The van der Waals surface area contributed by atoms with Crippen molar-refractivity contribution >= 4 is 0 Å². The van der Waals surface area contributed by atoms with Crippen molar-refractivity contribution < 1.29 is 5.11 Å². The van der Waals surface area contributed by atoms with Crippen LogP contribution in [0.15, 0.2) is 42.6 Å². The van der Waals surface area contributed by atoms with Gasteiger partial charge in [0.1, 0.15) is 5.75 Å². The van der Waals surface area contributed by atoms with E-state index in [4.69, 9.17) is 5.73 Å². The molecule has 0 aliphatic carbocycles. The van der Waals surface area contributed by atoms with E-state index in [0.717, 1.165) is 24.9 Å². The molecule has 0 fully saturated rings. The minimum atomic E-state index is 0.211. The van der Waals surface area contributed by atoms with Crippen LogP contribution in [0.1, 0.15) is 24.6 Å². The highest BCUT2D eigenvalue weighted by Gasteiger charge is 2.06. The molecule has 3 nitrogen and oxygen atoms in total. The van der Waals surface area contributed by atoms with Crippen molar-refractivity contribution in [2.24, 2.45) is 5.73 Å². The second-order valence-corrected chi connectivity index (χ2v) is 4.67. The highest BCUT2D eigenvalue weighted by Crippen LogP contribution is 2.14. The van der Waals surface area contributed by atoms with Crippen LogP contribution in [0.4, 0.5) is 0 Å². The van der Waals surface area contributed by atoms with Gasteiger partial charge in [-0.15, -0.1) is 0 Å². The molecule has 3 heteroatoms. The molecular weight excluding hydrogens is 224 g/mol. The Morgan fingerprint density at radius 2 is 2.11 bits per heavy atom. The number of phenols is 1. The fourth-order valence-electron chi connectivity index (χ4n) is 2.05. The van der Waals surface area contributed by atoms with Crippen molar-refractivity contribution in [1.29, 1.82) is 0 Å². The topological polar surface area (TPSA) is 51.2 Å². The third-order valence-electron chi connectivity index (χ3n) is 3.18. The third-order valence-corrected chi connectivity index (χ3v) is 3.18. The van der Waals surface area contributed by atoms with Crippen LogP contribution >= 0.6 is 0 Å². The number of nitrogens with zero attached hydrogens (tertiary/aromatic N) is 1. The van der Waals surface area contributed by atoms with Gasteiger partial charge in [-0.3, -0.25) is 0 Å². The van der Waals surface area contributed by atoms with E-state index >= 15 is 0 Å². The Morgan fingerprint density at radius 1 is 1.28 bits per heavy atom. The molecule has 0 saturated carbocycles. The quantitative estimate of drug-likeness (QED) is 0.849. The predicted octanol–water partition coefficient (Wildman–Crippen LogP) is 2.52. The fraction of sp³-hybridized carbons (Fsp3) is 0.333. The van der Waals surface area contributed by atoms with Crippen LogP contribution in [0, 0.1) is 0 Å². The standard InChI is InChI=1S/C15H20N2O/c1-2-13(16)10-14-6-4-8-17(14)11-12-5-3-7-15(18)9-12/h3-9,13,18H,2,10-11,16H2,1H3. The van der Waals surface area contributed by atoms with E-state index in [9.17, 15) is 5.11 Å². The molecule has 2 rings (SSSR count). The molecular formula is C15H20N2O. The molecule has 1 atom stereocenters. The van der Waals surface area contributed by atoms with Crippen molar-refractivity contribution in [1.82, 2.24) is 4.57 Å². The number of phenolic OH excluding ortho intramolecular Hbond substituents is 1. The lowest BCUT2D eigenvalue weighted by molar-refractivity contribution is 0.474. The smallest absolute Gasteiger partial charge is 0.115 e. The highest BCUT2D eigenvalue weighted by atomic mass is 16.3. The first kappa shape index (κ1) is 12.7. The van der Waals surface area contributed by atoms with E-state index in [2.05, 4.69) is 23.8 Å². The van der Waals surface area contributed by atoms with Crippen LogP contribution in [-0.2, 0) is 13.0 Å². The first-order valence-electron chi connectivity index (χ1n) is 6.36. The molecule has 2 aromatic rings. The Labute approximate surface area is 108 Å². The molecule has 18 heavy (non-hydrogen) atoms. The lowest BCUT2D eigenvalue weighted by Gasteiger charge is -2.13. The number of aromatic nitrogens is 1. The predicted molar refractivity (Wildman–Crippen MR) is 73.6 cm³/mol. The normalized spacial score (nSPS) is 12.6. The van der Waals surface area contributed by atoms with Crippen molar-refractivity contribution in [2.75, 3.05) is 0 Å². The maximum absolute atomic E-state index is 9.47.